The summed E-state index contributed by atoms with van der Waals surface area (Å²) in [5.41, 5.74) is 4.03. The van der Waals surface area contributed by atoms with Gasteiger partial charge < -0.3 is 5.32 Å². The molecule has 4 rings (SSSR count). The van der Waals surface area contributed by atoms with Crippen LogP contribution in [0.3, 0.4) is 0 Å². The van der Waals surface area contributed by atoms with Gasteiger partial charge in [0.05, 0.1) is 11.7 Å². The number of piperidine rings is 1. The predicted molar refractivity (Wildman–Crippen MR) is 109 cm³/mol. The van der Waals surface area contributed by atoms with E-state index in [1.165, 1.54) is 19.3 Å². The van der Waals surface area contributed by atoms with Crippen molar-refractivity contribution in [3.05, 3.63) is 49.1 Å². The van der Waals surface area contributed by atoms with Crippen molar-refractivity contribution >= 4 is 16.9 Å². The molecule has 3 aromatic rings. The zero-order chi connectivity index (χ0) is 18.8. The van der Waals surface area contributed by atoms with E-state index in [-0.39, 0.29) is 6.04 Å². The average Bonchev–Trinajstić information content (AvgIpc) is 3.14. The molecule has 1 aliphatic rings. The normalized spacial score (nSPS) is 16.4. The molecule has 0 radical (unpaired) electrons. The van der Waals surface area contributed by atoms with Crippen molar-refractivity contribution in [2.45, 2.75) is 32.2 Å². The molecule has 1 fully saturated rings. The number of aryl methyl sites for hydroxylation is 1. The molecule has 0 aliphatic carbocycles. The Morgan fingerprint density at radius 1 is 1.15 bits per heavy atom. The number of nitrogens with one attached hydrogen (secondary N) is 1. The van der Waals surface area contributed by atoms with Crippen molar-refractivity contribution in [3.63, 3.8) is 0 Å². The second-order valence-corrected chi connectivity index (χ2v) is 7.29. The summed E-state index contributed by atoms with van der Waals surface area (Å²) in [5, 5.41) is 8.59. The van der Waals surface area contributed by atoms with E-state index in [0.29, 0.717) is 5.95 Å². The fourth-order valence-corrected chi connectivity index (χ4v) is 3.61. The van der Waals surface area contributed by atoms with E-state index in [0.717, 1.165) is 40.8 Å². The first-order valence-corrected chi connectivity index (χ1v) is 9.56. The smallest absolute Gasteiger partial charge is 0.227 e. The first kappa shape index (κ1) is 17.7. The summed E-state index contributed by atoms with van der Waals surface area (Å²) in [5.74, 6) is 0.597. The molecule has 0 bridgehead atoms. The zero-order valence-electron chi connectivity index (χ0n) is 16.0. The van der Waals surface area contributed by atoms with Gasteiger partial charge in [0.15, 0.2) is 0 Å². The highest BCUT2D eigenvalue weighted by atomic mass is 15.2. The Bertz CT molecular complexity index is 954. The highest BCUT2D eigenvalue weighted by Gasteiger charge is 2.19. The van der Waals surface area contributed by atoms with Crippen LogP contribution in [0.1, 0.15) is 26.2 Å². The lowest BCUT2D eigenvalue weighted by molar-refractivity contribution is 0.195. The maximum Gasteiger partial charge on any atom is 0.227 e. The molecule has 27 heavy (non-hydrogen) atoms. The van der Waals surface area contributed by atoms with Crippen LogP contribution in [0, 0.1) is 0 Å². The Balaban J connectivity index is 1.54. The third kappa shape index (κ3) is 3.85. The number of aromatic nitrogens is 4. The number of likely N-dealkylation sites (tertiary alicyclic amines) is 1. The SMILES string of the molecule is C=C(Nc1ncc2ccc(-c3cnn(C)c3)cc2n1)C(C)N1CCCCC1. The van der Waals surface area contributed by atoms with E-state index in [4.69, 9.17) is 4.98 Å². The lowest BCUT2D eigenvalue weighted by atomic mass is 10.1. The van der Waals surface area contributed by atoms with Crippen LogP contribution >= 0.6 is 0 Å². The van der Waals surface area contributed by atoms with Gasteiger partial charge >= 0.3 is 0 Å². The maximum atomic E-state index is 4.71. The van der Waals surface area contributed by atoms with Crippen LogP contribution in [0.25, 0.3) is 22.0 Å². The van der Waals surface area contributed by atoms with Crippen LogP contribution in [0.4, 0.5) is 5.95 Å². The Labute approximate surface area is 159 Å². The molecule has 6 nitrogen and oxygen atoms in total. The molecule has 6 heteroatoms. The van der Waals surface area contributed by atoms with Crippen molar-refractivity contribution in [1.82, 2.24) is 24.6 Å². The largest absolute Gasteiger partial charge is 0.327 e. The van der Waals surface area contributed by atoms with Crippen molar-refractivity contribution in [3.8, 4) is 11.1 Å². The monoisotopic (exact) mass is 362 g/mol. The van der Waals surface area contributed by atoms with Crippen LogP contribution in [0.5, 0.6) is 0 Å². The fraction of sp³-hybridized carbons (Fsp3) is 0.381. The molecule has 1 saturated heterocycles. The molecule has 1 atom stereocenters. The van der Waals surface area contributed by atoms with E-state index >= 15 is 0 Å². The lowest BCUT2D eigenvalue weighted by Gasteiger charge is -2.33. The maximum absolute atomic E-state index is 4.71. The lowest BCUT2D eigenvalue weighted by Crippen LogP contribution is -2.39. The highest BCUT2D eigenvalue weighted by molar-refractivity contribution is 5.84. The second kappa shape index (κ2) is 7.48. The Morgan fingerprint density at radius 2 is 1.96 bits per heavy atom. The number of nitrogens with zero attached hydrogens (tertiary/aromatic N) is 5. The number of hydrogen-bond donors (Lipinski definition) is 1. The summed E-state index contributed by atoms with van der Waals surface area (Å²) in [4.78, 5) is 11.6. The fourth-order valence-electron chi connectivity index (χ4n) is 3.61. The van der Waals surface area contributed by atoms with Gasteiger partial charge in [-0.25, -0.2) is 9.97 Å². The van der Waals surface area contributed by atoms with Gasteiger partial charge in [-0.05, 0) is 44.5 Å². The van der Waals surface area contributed by atoms with Crippen LogP contribution in [-0.4, -0.2) is 43.8 Å². The van der Waals surface area contributed by atoms with Gasteiger partial charge in [-0.2, -0.15) is 5.10 Å². The number of rotatable bonds is 5. The third-order valence-corrected chi connectivity index (χ3v) is 5.34. The number of hydrogen-bond acceptors (Lipinski definition) is 5. The summed E-state index contributed by atoms with van der Waals surface area (Å²) in [6, 6.07) is 6.47. The van der Waals surface area contributed by atoms with Gasteiger partial charge in [-0.3, -0.25) is 9.58 Å². The van der Waals surface area contributed by atoms with E-state index in [1.54, 1.807) is 4.68 Å². The van der Waals surface area contributed by atoms with E-state index in [1.807, 2.05) is 31.7 Å². The van der Waals surface area contributed by atoms with Crippen LogP contribution in [0.2, 0.25) is 0 Å². The molecular formula is C21H26N6. The van der Waals surface area contributed by atoms with Gasteiger partial charge in [-0.15, -0.1) is 0 Å². The highest BCUT2D eigenvalue weighted by Crippen LogP contribution is 2.24. The first-order chi connectivity index (χ1) is 13.1. The van der Waals surface area contributed by atoms with Crippen molar-refractivity contribution in [2.75, 3.05) is 18.4 Å². The summed E-state index contributed by atoms with van der Waals surface area (Å²) < 4.78 is 1.80. The minimum Gasteiger partial charge on any atom is -0.327 e. The van der Waals surface area contributed by atoms with E-state index in [9.17, 15) is 0 Å². The predicted octanol–water partition coefficient (Wildman–Crippen LogP) is 3.83. The van der Waals surface area contributed by atoms with Crippen LogP contribution in [-0.2, 0) is 7.05 Å². The van der Waals surface area contributed by atoms with Gasteiger partial charge in [0, 0.05) is 42.1 Å². The van der Waals surface area contributed by atoms with Gasteiger partial charge in [0.2, 0.25) is 5.95 Å². The standard InChI is InChI=1S/C21H26N6/c1-15(16(2)27-9-5-4-6-10-27)24-21-22-12-18-8-7-17(11-20(18)25-21)19-13-23-26(3)14-19/h7-8,11-14,16H,1,4-6,9-10H2,2-3H3,(H,22,24,25). The first-order valence-electron chi connectivity index (χ1n) is 9.56. The molecule has 0 spiro atoms. The summed E-state index contributed by atoms with van der Waals surface area (Å²) in [6.45, 7) is 8.69. The third-order valence-electron chi connectivity index (χ3n) is 5.34. The van der Waals surface area contributed by atoms with Crippen molar-refractivity contribution in [1.29, 1.82) is 0 Å². The summed E-state index contributed by atoms with van der Waals surface area (Å²) in [7, 11) is 1.92. The van der Waals surface area contributed by atoms with Crippen LogP contribution < -0.4 is 5.32 Å². The van der Waals surface area contributed by atoms with Gasteiger partial charge in [0.25, 0.3) is 0 Å². The molecule has 3 heterocycles. The molecule has 1 aliphatic heterocycles. The molecule has 0 amide bonds. The number of benzene rings is 1. The minimum absolute atomic E-state index is 0.270. The van der Waals surface area contributed by atoms with Crippen LogP contribution in [0.15, 0.2) is 49.1 Å². The van der Waals surface area contributed by atoms with Crippen molar-refractivity contribution in [2.24, 2.45) is 7.05 Å². The molecule has 1 aromatic carbocycles. The molecule has 1 N–H and O–H groups in total. The molecule has 1 unspecified atom stereocenters. The molecule has 140 valence electrons. The molecular weight excluding hydrogens is 336 g/mol. The topological polar surface area (TPSA) is 58.9 Å². The van der Waals surface area contributed by atoms with E-state index < -0.39 is 0 Å². The summed E-state index contributed by atoms with van der Waals surface area (Å²) in [6.07, 6.45) is 9.59. The Hall–Kier alpha value is -2.73. The van der Waals surface area contributed by atoms with Crippen molar-refractivity contribution < 1.29 is 0 Å². The van der Waals surface area contributed by atoms with Gasteiger partial charge in [0.1, 0.15) is 0 Å². The number of anilines is 1. The minimum atomic E-state index is 0.270. The molecule has 2 aromatic heterocycles. The Kier molecular flexibility index (Phi) is 4.90. The second-order valence-electron chi connectivity index (χ2n) is 7.29. The quantitative estimate of drug-likeness (QED) is 0.747. The van der Waals surface area contributed by atoms with E-state index in [2.05, 4.69) is 45.9 Å². The zero-order valence-corrected chi connectivity index (χ0v) is 16.0. The average molecular weight is 362 g/mol. The summed E-state index contributed by atoms with van der Waals surface area (Å²) >= 11 is 0. The molecule has 0 saturated carbocycles. The Morgan fingerprint density at radius 3 is 2.70 bits per heavy atom. The number of fused-ring (bicyclic) bond motifs is 1. The van der Waals surface area contributed by atoms with Gasteiger partial charge in [-0.1, -0.05) is 25.1 Å².